The monoisotopic (exact) mass is 363 g/mol. The van der Waals surface area contributed by atoms with Gasteiger partial charge in [0.05, 0.1) is 20.1 Å². The van der Waals surface area contributed by atoms with Crippen molar-refractivity contribution < 1.29 is 19.1 Å². The van der Waals surface area contributed by atoms with Gasteiger partial charge in [-0.3, -0.25) is 9.59 Å². The molecule has 0 radical (unpaired) electrons. The van der Waals surface area contributed by atoms with Crippen LogP contribution in [-0.2, 0) is 16.0 Å². The molecule has 1 fully saturated rings. The van der Waals surface area contributed by atoms with E-state index in [9.17, 15) is 9.59 Å². The molecule has 7 heteroatoms. The lowest BCUT2D eigenvalue weighted by molar-refractivity contribution is -0.135. The second-order valence-electron chi connectivity index (χ2n) is 6.44. The number of nitrogens with zero attached hydrogens (tertiary/aromatic N) is 1. The first-order chi connectivity index (χ1) is 12.6. The molecule has 2 amide bonds. The number of carbonyl (C=O) groups is 2. The number of rotatable bonds is 8. The molecule has 1 heterocycles. The van der Waals surface area contributed by atoms with Crippen LogP contribution in [0.25, 0.3) is 0 Å². The molecule has 0 saturated carbocycles. The highest BCUT2D eigenvalue weighted by Crippen LogP contribution is 2.26. The first-order valence-electron chi connectivity index (χ1n) is 9.05. The second-order valence-corrected chi connectivity index (χ2v) is 6.44. The van der Waals surface area contributed by atoms with E-state index < -0.39 is 0 Å². The number of ether oxygens (including phenoxy) is 2. The standard InChI is InChI=1S/C19H29N3O4/c1-25-16-6-7-17(26-2)14(12-16)5-8-18(23)22-11-3-4-15(13-22)19(24)21-10-9-20/h6-7,12,15H,3-5,8-11,13,20H2,1-2H3,(H,21,24). The van der Waals surface area contributed by atoms with Gasteiger partial charge in [0.15, 0.2) is 0 Å². The number of likely N-dealkylation sites (tertiary alicyclic amines) is 1. The van der Waals surface area contributed by atoms with Gasteiger partial charge in [0, 0.05) is 32.6 Å². The minimum absolute atomic E-state index is 0.0117. The minimum atomic E-state index is -0.148. The molecule has 26 heavy (non-hydrogen) atoms. The normalized spacial score (nSPS) is 16.9. The number of nitrogens with one attached hydrogen (secondary N) is 1. The van der Waals surface area contributed by atoms with E-state index in [2.05, 4.69) is 5.32 Å². The highest BCUT2D eigenvalue weighted by molar-refractivity contribution is 5.81. The lowest BCUT2D eigenvalue weighted by atomic mass is 9.96. The molecule has 1 aromatic carbocycles. The number of methoxy groups -OCH3 is 2. The van der Waals surface area contributed by atoms with Gasteiger partial charge in [-0.05, 0) is 43.0 Å². The summed E-state index contributed by atoms with van der Waals surface area (Å²) in [5.41, 5.74) is 6.36. The Morgan fingerprint density at radius 2 is 2.12 bits per heavy atom. The van der Waals surface area contributed by atoms with E-state index in [1.807, 2.05) is 18.2 Å². The first kappa shape index (κ1) is 20.0. The van der Waals surface area contributed by atoms with Crippen LogP contribution in [0.4, 0.5) is 0 Å². The number of nitrogens with two attached hydrogens (primary N) is 1. The van der Waals surface area contributed by atoms with Crippen LogP contribution in [0.5, 0.6) is 11.5 Å². The molecule has 1 unspecified atom stereocenters. The number of aryl methyl sites for hydroxylation is 1. The van der Waals surface area contributed by atoms with E-state index in [1.165, 1.54) is 0 Å². The lowest BCUT2D eigenvalue weighted by Gasteiger charge is -2.32. The fourth-order valence-corrected chi connectivity index (χ4v) is 3.23. The van der Waals surface area contributed by atoms with Crippen molar-refractivity contribution in [2.75, 3.05) is 40.4 Å². The molecule has 144 valence electrons. The molecule has 0 aromatic heterocycles. The number of benzene rings is 1. The van der Waals surface area contributed by atoms with Crippen LogP contribution in [0.15, 0.2) is 18.2 Å². The van der Waals surface area contributed by atoms with Crippen molar-refractivity contribution in [1.29, 1.82) is 0 Å². The van der Waals surface area contributed by atoms with Crippen LogP contribution in [-0.4, -0.2) is 57.1 Å². The van der Waals surface area contributed by atoms with Crippen LogP contribution in [0.3, 0.4) is 0 Å². The van der Waals surface area contributed by atoms with Gasteiger partial charge in [-0.1, -0.05) is 0 Å². The quantitative estimate of drug-likeness (QED) is 0.717. The molecule has 1 saturated heterocycles. The summed E-state index contributed by atoms with van der Waals surface area (Å²) in [7, 11) is 3.22. The highest BCUT2D eigenvalue weighted by atomic mass is 16.5. The van der Waals surface area contributed by atoms with Gasteiger partial charge in [-0.25, -0.2) is 0 Å². The van der Waals surface area contributed by atoms with Crippen LogP contribution in [0, 0.1) is 5.92 Å². The zero-order valence-electron chi connectivity index (χ0n) is 15.6. The lowest BCUT2D eigenvalue weighted by Crippen LogP contribution is -2.46. The summed E-state index contributed by atoms with van der Waals surface area (Å²) in [6.07, 6.45) is 2.60. The summed E-state index contributed by atoms with van der Waals surface area (Å²) in [5, 5.41) is 2.81. The van der Waals surface area contributed by atoms with Gasteiger partial charge in [-0.15, -0.1) is 0 Å². The largest absolute Gasteiger partial charge is 0.497 e. The Bertz CT molecular complexity index is 621. The Morgan fingerprint density at radius 3 is 2.81 bits per heavy atom. The number of piperidine rings is 1. The smallest absolute Gasteiger partial charge is 0.224 e. The van der Waals surface area contributed by atoms with Crippen molar-refractivity contribution in [3.05, 3.63) is 23.8 Å². The molecule has 7 nitrogen and oxygen atoms in total. The summed E-state index contributed by atoms with van der Waals surface area (Å²) >= 11 is 0. The predicted octanol–water partition coefficient (Wildman–Crippen LogP) is 0.950. The number of carbonyl (C=O) groups excluding carboxylic acids is 2. The van der Waals surface area contributed by atoms with Crippen molar-refractivity contribution in [3.63, 3.8) is 0 Å². The topological polar surface area (TPSA) is 93.9 Å². The maximum Gasteiger partial charge on any atom is 0.224 e. The number of hydrogen-bond acceptors (Lipinski definition) is 5. The zero-order chi connectivity index (χ0) is 18.9. The van der Waals surface area contributed by atoms with Crippen molar-refractivity contribution in [3.8, 4) is 11.5 Å². The third-order valence-electron chi connectivity index (χ3n) is 4.68. The molecule has 0 spiro atoms. The third kappa shape index (κ3) is 5.36. The van der Waals surface area contributed by atoms with E-state index in [-0.39, 0.29) is 17.7 Å². The van der Waals surface area contributed by atoms with Crippen molar-refractivity contribution >= 4 is 11.8 Å². The van der Waals surface area contributed by atoms with E-state index in [0.29, 0.717) is 39.0 Å². The molecular weight excluding hydrogens is 334 g/mol. The van der Waals surface area contributed by atoms with Gasteiger partial charge in [0.1, 0.15) is 11.5 Å². The van der Waals surface area contributed by atoms with E-state index in [4.69, 9.17) is 15.2 Å². The molecule has 0 bridgehead atoms. The van der Waals surface area contributed by atoms with E-state index in [1.54, 1.807) is 19.1 Å². The van der Waals surface area contributed by atoms with Gasteiger partial charge in [0.25, 0.3) is 0 Å². The number of hydrogen-bond donors (Lipinski definition) is 2. The molecule has 1 aliphatic heterocycles. The summed E-state index contributed by atoms with van der Waals surface area (Å²) in [5.74, 6) is 1.39. The van der Waals surface area contributed by atoms with Gasteiger partial charge < -0.3 is 25.4 Å². The van der Waals surface area contributed by atoms with Gasteiger partial charge in [0.2, 0.25) is 11.8 Å². The Hall–Kier alpha value is -2.28. The van der Waals surface area contributed by atoms with Crippen molar-refractivity contribution in [2.45, 2.75) is 25.7 Å². The third-order valence-corrected chi connectivity index (χ3v) is 4.68. The van der Waals surface area contributed by atoms with E-state index in [0.717, 1.165) is 29.9 Å². The maximum atomic E-state index is 12.6. The van der Waals surface area contributed by atoms with Crippen LogP contribution >= 0.6 is 0 Å². The maximum absolute atomic E-state index is 12.6. The van der Waals surface area contributed by atoms with Crippen molar-refractivity contribution in [2.24, 2.45) is 11.7 Å². The van der Waals surface area contributed by atoms with E-state index >= 15 is 0 Å². The summed E-state index contributed by atoms with van der Waals surface area (Å²) < 4.78 is 10.6. The SMILES string of the molecule is COc1ccc(OC)c(CCC(=O)N2CCCC(C(=O)NCCN)C2)c1. The molecule has 0 aliphatic carbocycles. The summed E-state index contributed by atoms with van der Waals surface area (Å²) in [6.45, 7) is 2.07. The van der Waals surface area contributed by atoms with Gasteiger partial charge in [-0.2, -0.15) is 0 Å². The summed E-state index contributed by atoms with van der Waals surface area (Å²) in [4.78, 5) is 26.5. The predicted molar refractivity (Wildman–Crippen MR) is 99.2 cm³/mol. The number of amides is 2. The summed E-state index contributed by atoms with van der Waals surface area (Å²) in [6, 6.07) is 5.57. The Kier molecular flexibility index (Phi) is 7.72. The molecular formula is C19H29N3O4. The molecule has 1 atom stereocenters. The Balaban J connectivity index is 1.92. The second kappa shape index (κ2) is 10.0. The Labute approximate surface area is 154 Å². The van der Waals surface area contributed by atoms with Gasteiger partial charge >= 0.3 is 0 Å². The fourth-order valence-electron chi connectivity index (χ4n) is 3.23. The molecule has 3 N–H and O–H groups in total. The fraction of sp³-hybridized carbons (Fsp3) is 0.579. The first-order valence-corrected chi connectivity index (χ1v) is 9.05. The van der Waals surface area contributed by atoms with Crippen LogP contribution in [0.2, 0.25) is 0 Å². The molecule has 1 aromatic rings. The average Bonchev–Trinajstić information content (AvgIpc) is 2.69. The molecule has 1 aliphatic rings. The molecule has 2 rings (SSSR count). The minimum Gasteiger partial charge on any atom is -0.497 e. The Morgan fingerprint density at radius 1 is 1.31 bits per heavy atom. The average molecular weight is 363 g/mol. The zero-order valence-corrected chi connectivity index (χ0v) is 15.6. The van der Waals surface area contributed by atoms with Crippen LogP contribution in [0.1, 0.15) is 24.8 Å². The highest BCUT2D eigenvalue weighted by Gasteiger charge is 2.28. The van der Waals surface area contributed by atoms with Crippen molar-refractivity contribution in [1.82, 2.24) is 10.2 Å². The van der Waals surface area contributed by atoms with Crippen LogP contribution < -0.4 is 20.5 Å².